The zero-order valence-corrected chi connectivity index (χ0v) is 9.07. The lowest BCUT2D eigenvalue weighted by molar-refractivity contribution is -0.139. The number of benzene rings is 2. The molecule has 2 aromatic carbocycles. The van der Waals surface area contributed by atoms with Crippen molar-refractivity contribution >= 4 is 28.3 Å². The summed E-state index contributed by atoms with van der Waals surface area (Å²) in [5, 5.41) is 11.1. The number of aliphatic carboxylic acids is 1. The van der Waals surface area contributed by atoms with Crippen molar-refractivity contribution in [3.8, 4) is 5.75 Å². The van der Waals surface area contributed by atoms with Gasteiger partial charge in [-0.15, -0.1) is 0 Å². The molecule has 0 aliphatic rings. The molecule has 0 saturated carbocycles. The van der Waals surface area contributed by atoms with Gasteiger partial charge in [-0.3, -0.25) is 0 Å². The second-order valence-corrected chi connectivity index (χ2v) is 3.77. The molecule has 0 atom stereocenters. The van der Waals surface area contributed by atoms with Gasteiger partial charge in [0.1, 0.15) is 5.75 Å². The minimum atomic E-state index is -0.994. The predicted molar refractivity (Wildman–Crippen MR) is 62.1 cm³/mol. The van der Waals surface area contributed by atoms with Crippen molar-refractivity contribution in [1.29, 1.82) is 0 Å². The Balaban J connectivity index is 2.31. The molecular weight excluding hydrogens is 228 g/mol. The molecule has 2 aromatic rings. The monoisotopic (exact) mass is 236 g/mol. The molecule has 2 rings (SSSR count). The summed E-state index contributed by atoms with van der Waals surface area (Å²) in [4.78, 5) is 10.3. The van der Waals surface area contributed by atoms with Crippen LogP contribution in [-0.2, 0) is 4.79 Å². The highest BCUT2D eigenvalue weighted by Gasteiger charge is 2.01. The highest BCUT2D eigenvalue weighted by Crippen LogP contribution is 2.23. The fourth-order valence-electron chi connectivity index (χ4n) is 1.43. The quantitative estimate of drug-likeness (QED) is 0.891. The molecule has 0 fully saturated rings. The van der Waals surface area contributed by atoms with E-state index in [0.717, 1.165) is 10.8 Å². The van der Waals surface area contributed by atoms with Gasteiger partial charge in [-0.25, -0.2) is 4.79 Å². The van der Waals surface area contributed by atoms with Crippen LogP contribution in [0.4, 0.5) is 0 Å². The molecule has 0 bridgehead atoms. The highest BCUT2D eigenvalue weighted by atomic mass is 35.5. The van der Waals surface area contributed by atoms with E-state index in [2.05, 4.69) is 0 Å². The Morgan fingerprint density at radius 3 is 2.69 bits per heavy atom. The minimum Gasteiger partial charge on any atom is -0.482 e. The first-order valence-electron chi connectivity index (χ1n) is 4.69. The van der Waals surface area contributed by atoms with Gasteiger partial charge < -0.3 is 9.84 Å². The van der Waals surface area contributed by atoms with E-state index in [0.29, 0.717) is 10.8 Å². The summed E-state index contributed by atoms with van der Waals surface area (Å²) in [5.74, 6) is -0.469. The number of ether oxygens (including phenoxy) is 1. The standard InChI is InChI=1S/C12H9ClO3/c13-10-3-1-8-2-4-11(6-9(8)5-10)16-7-12(14)15/h1-6H,7H2,(H,14,15). The van der Waals surface area contributed by atoms with Crippen LogP contribution >= 0.6 is 11.6 Å². The molecule has 3 nitrogen and oxygen atoms in total. The fraction of sp³-hybridized carbons (Fsp3) is 0.0833. The average molecular weight is 237 g/mol. The number of carboxylic acid groups (broad SMARTS) is 1. The molecule has 0 saturated heterocycles. The lowest BCUT2D eigenvalue weighted by Gasteiger charge is -2.04. The summed E-state index contributed by atoms with van der Waals surface area (Å²) in [6.07, 6.45) is 0. The van der Waals surface area contributed by atoms with Gasteiger partial charge in [-0.2, -0.15) is 0 Å². The van der Waals surface area contributed by atoms with Crippen LogP contribution in [0, 0.1) is 0 Å². The van der Waals surface area contributed by atoms with Gasteiger partial charge in [0.05, 0.1) is 0 Å². The zero-order valence-electron chi connectivity index (χ0n) is 8.31. The van der Waals surface area contributed by atoms with E-state index >= 15 is 0 Å². The number of hydrogen-bond donors (Lipinski definition) is 1. The third kappa shape index (κ3) is 2.44. The Morgan fingerprint density at radius 1 is 1.19 bits per heavy atom. The number of halogens is 1. The number of fused-ring (bicyclic) bond motifs is 1. The van der Waals surface area contributed by atoms with Crippen LogP contribution in [-0.4, -0.2) is 17.7 Å². The van der Waals surface area contributed by atoms with E-state index in [1.54, 1.807) is 12.1 Å². The lowest BCUT2D eigenvalue weighted by Crippen LogP contribution is -2.09. The maximum Gasteiger partial charge on any atom is 0.341 e. The van der Waals surface area contributed by atoms with Crippen LogP contribution in [0.3, 0.4) is 0 Å². The molecule has 1 N–H and O–H groups in total. The summed E-state index contributed by atoms with van der Waals surface area (Å²) in [5.41, 5.74) is 0. The molecule has 0 heterocycles. The van der Waals surface area contributed by atoms with Crippen molar-refractivity contribution < 1.29 is 14.6 Å². The van der Waals surface area contributed by atoms with Gasteiger partial charge >= 0.3 is 5.97 Å². The van der Waals surface area contributed by atoms with Gasteiger partial charge in [-0.1, -0.05) is 23.7 Å². The SMILES string of the molecule is O=C(O)COc1ccc2ccc(Cl)cc2c1. The molecule has 0 aliphatic carbocycles. The van der Waals surface area contributed by atoms with E-state index in [1.165, 1.54) is 0 Å². The van der Waals surface area contributed by atoms with Gasteiger partial charge in [0.15, 0.2) is 6.61 Å². The van der Waals surface area contributed by atoms with E-state index in [-0.39, 0.29) is 6.61 Å². The Labute approximate surface area is 97.2 Å². The van der Waals surface area contributed by atoms with Crippen molar-refractivity contribution in [3.05, 3.63) is 41.4 Å². The van der Waals surface area contributed by atoms with Crippen LogP contribution in [0.5, 0.6) is 5.75 Å². The topological polar surface area (TPSA) is 46.5 Å². The summed E-state index contributed by atoms with van der Waals surface area (Å²) in [7, 11) is 0. The summed E-state index contributed by atoms with van der Waals surface area (Å²) in [6, 6.07) is 10.9. The van der Waals surface area contributed by atoms with Crippen LogP contribution in [0.2, 0.25) is 5.02 Å². The van der Waals surface area contributed by atoms with E-state index in [4.69, 9.17) is 21.4 Å². The van der Waals surface area contributed by atoms with Crippen molar-refractivity contribution in [3.63, 3.8) is 0 Å². The Morgan fingerprint density at radius 2 is 1.94 bits per heavy atom. The third-order valence-electron chi connectivity index (χ3n) is 2.14. The normalized spacial score (nSPS) is 10.3. The Kier molecular flexibility index (Phi) is 2.97. The summed E-state index contributed by atoms with van der Waals surface area (Å²) >= 11 is 5.86. The van der Waals surface area contributed by atoms with Crippen LogP contribution in [0.25, 0.3) is 10.8 Å². The van der Waals surface area contributed by atoms with E-state index in [1.807, 2.05) is 24.3 Å². The van der Waals surface area contributed by atoms with Gasteiger partial charge in [0.2, 0.25) is 0 Å². The van der Waals surface area contributed by atoms with Gasteiger partial charge in [0, 0.05) is 5.02 Å². The molecule has 0 amide bonds. The van der Waals surface area contributed by atoms with Crippen molar-refractivity contribution in [2.45, 2.75) is 0 Å². The second-order valence-electron chi connectivity index (χ2n) is 3.34. The molecule has 0 aromatic heterocycles. The van der Waals surface area contributed by atoms with Crippen LogP contribution in [0.15, 0.2) is 36.4 Å². The zero-order chi connectivity index (χ0) is 11.5. The average Bonchev–Trinajstić information content (AvgIpc) is 2.25. The smallest absolute Gasteiger partial charge is 0.341 e. The third-order valence-corrected chi connectivity index (χ3v) is 2.37. The first-order valence-corrected chi connectivity index (χ1v) is 5.07. The summed E-state index contributed by atoms with van der Waals surface area (Å²) < 4.78 is 5.07. The fourth-order valence-corrected chi connectivity index (χ4v) is 1.61. The number of rotatable bonds is 3. The molecule has 4 heteroatoms. The molecular formula is C12H9ClO3. The highest BCUT2D eigenvalue weighted by molar-refractivity contribution is 6.31. The second kappa shape index (κ2) is 4.41. The van der Waals surface area contributed by atoms with Gasteiger partial charge in [-0.05, 0) is 35.0 Å². The number of hydrogen-bond acceptors (Lipinski definition) is 2. The number of carbonyl (C=O) groups is 1. The van der Waals surface area contributed by atoms with E-state index < -0.39 is 5.97 Å². The Hall–Kier alpha value is -1.74. The predicted octanol–water partition coefficient (Wildman–Crippen LogP) is 2.96. The number of carboxylic acids is 1. The Bertz CT molecular complexity index is 537. The molecule has 0 aliphatic heterocycles. The first kappa shape index (κ1) is 10.8. The van der Waals surface area contributed by atoms with E-state index in [9.17, 15) is 4.79 Å². The maximum absolute atomic E-state index is 10.3. The maximum atomic E-state index is 10.3. The first-order chi connectivity index (χ1) is 7.65. The van der Waals surface area contributed by atoms with Crippen molar-refractivity contribution in [1.82, 2.24) is 0 Å². The largest absolute Gasteiger partial charge is 0.482 e. The minimum absolute atomic E-state index is 0.341. The summed E-state index contributed by atoms with van der Waals surface area (Å²) in [6.45, 7) is -0.341. The van der Waals surface area contributed by atoms with Gasteiger partial charge in [0.25, 0.3) is 0 Å². The molecule has 0 spiro atoms. The molecule has 0 radical (unpaired) electrons. The molecule has 82 valence electrons. The van der Waals surface area contributed by atoms with Crippen molar-refractivity contribution in [2.75, 3.05) is 6.61 Å². The van der Waals surface area contributed by atoms with Crippen LogP contribution in [0.1, 0.15) is 0 Å². The molecule has 0 unspecified atom stereocenters. The van der Waals surface area contributed by atoms with Crippen LogP contribution < -0.4 is 4.74 Å². The lowest BCUT2D eigenvalue weighted by atomic mass is 10.1. The van der Waals surface area contributed by atoms with Crippen molar-refractivity contribution in [2.24, 2.45) is 0 Å². The molecule has 16 heavy (non-hydrogen) atoms.